The highest BCUT2D eigenvalue weighted by Crippen LogP contribution is 1.85. The van der Waals surface area contributed by atoms with Gasteiger partial charge in [-0.2, -0.15) is 11.8 Å². The van der Waals surface area contributed by atoms with Crippen LogP contribution in [0.5, 0.6) is 0 Å². The molecule has 0 rings (SSSR count). The second-order valence-corrected chi connectivity index (χ2v) is 2.33. The van der Waals surface area contributed by atoms with Crippen LogP contribution in [0.2, 0.25) is 0 Å². The molecule has 0 aliphatic rings. The maximum absolute atomic E-state index is 3.23. The van der Waals surface area contributed by atoms with E-state index in [0.29, 0.717) is 0 Å². The molecule has 3 heteroatoms. The number of hydrogen-bond donors (Lipinski definition) is 1. The van der Waals surface area contributed by atoms with E-state index >= 15 is 0 Å². The Morgan fingerprint density at radius 1 is 1.50 bits per heavy atom. The lowest BCUT2D eigenvalue weighted by atomic mass is 10.7. The van der Waals surface area contributed by atoms with E-state index in [1.54, 1.807) is 0 Å². The van der Waals surface area contributed by atoms with Gasteiger partial charge in [0.25, 0.3) is 0 Å². The van der Waals surface area contributed by atoms with Crippen molar-refractivity contribution in [3.05, 3.63) is 0 Å². The van der Waals surface area contributed by atoms with Gasteiger partial charge in [-0.15, -0.1) is 12.4 Å². The Balaban J connectivity index is 0. The molecule has 0 saturated heterocycles. The van der Waals surface area contributed by atoms with Crippen LogP contribution in [0.25, 0.3) is 0 Å². The summed E-state index contributed by atoms with van der Waals surface area (Å²) >= 11 is 1.88. The number of thioether (sulfide) groups is 1. The normalized spacial score (nSPS) is 8.25. The molecular weight excluding hydrogens is 142 g/mol. The van der Waals surface area contributed by atoms with Crippen LogP contribution >= 0.6 is 24.2 Å². The van der Waals surface area contributed by atoms with Crippen LogP contribution in [0.1, 0.15) is 6.92 Å². The SMILES string of the molecule is CCNCCSC.Cl. The van der Waals surface area contributed by atoms with Crippen LogP contribution in [-0.4, -0.2) is 25.1 Å². The third kappa shape index (κ3) is 9.78. The second kappa shape index (κ2) is 10.6. The van der Waals surface area contributed by atoms with Gasteiger partial charge >= 0.3 is 0 Å². The molecular formula is C5H14ClNS. The summed E-state index contributed by atoms with van der Waals surface area (Å²) in [5, 5.41) is 3.23. The van der Waals surface area contributed by atoms with Crippen molar-refractivity contribution in [2.45, 2.75) is 6.92 Å². The van der Waals surface area contributed by atoms with Gasteiger partial charge in [0.05, 0.1) is 0 Å². The number of rotatable bonds is 4. The molecule has 0 saturated carbocycles. The van der Waals surface area contributed by atoms with Crippen LogP contribution in [0.15, 0.2) is 0 Å². The van der Waals surface area contributed by atoms with Crippen LogP contribution in [0.3, 0.4) is 0 Å². The molecule has 1 N–H and O–H groups in total. The maximum Gasteiger partial charge on any atom is 0.00553 e. The third-order valence-corrected chi connectivity index (χ3v) is 1.35. The fraction of sp³-hybridized carbons (Fsp3) is 1.00. The lowest BCUT2D eigenvalue weighted by Crippen LogP contribution is -2.15. The Bertz CT molecular complexity index is 31.6. The molecule has 0 radical (unpaired) electrons. The van der Waals surface area contributed by atoms with Crippen LogP contribution in [0.4, 0.5) is 0 Å². The van der Waals surface area contributed by atoms with E-state index in [0.717, 1.165) is 13.1 Å². The molecule has 0 aliphatic carbocycles. The minimum atomic E-state index is 0. The van der Waals surface area contributed by atoms with Gasteiger partial charge in [0.2, 0.25) is 0 Å². The largest absolute Gasteiger partial charge is 0.316 e. The van der Waals surface area contributed by atoms with Crippen molar-refractivity contribution in [1.82, 2.24) is 5.32 Å². The Kier molecular flexibility index (Phi) is 15.0. The van der Waals surface area contributed by atoms with Crippen molar-refractivity contribution in [2.75, 3.05) is 25.1 Å². The van der Waals surface area contributed by atoms with Crippen molar-refractivity contribution in [2.24, 2.45) is 0 Å². The van der Waals surface area contributed by atoms with E-state index in [4.69, 9.17) is 0 Å². The van der Waals surface area contributed by atoms with E-state index in [-0.39, 0.29) is 12.4 Å². The molecule has 0 aromatic rings. The Morgan fingerprint density at radius 2 is 2.12 bits per heavy atom. The lowest BCUT2D eigenvalue weighted by Gasteiger charge is -1.94. The molecule has 0 spiro atoms. The van der Waals surface area contributed by atoms with Gasteiger partial charge in [0.15, 0.2) is 0 Å². The van der Waals surface area contributed by atoms with Crippen molar-refractivity contribution in [1.29, 1.82) is 0 Å². The lowest BCUT2D eigenvalue weighted by molar-refractivity contribution is 0.769. The highest BCUT2D eigenvalue weighted by atomic mass is 35.5. The topological polar surface area (TPSA) is 12.0 Å². The predicted molar refractivity (Wildman–Crippen MR) is 44.2 cm³/mol. The Labute approximate surface area is 62.0 Å². The van der Waals surface area contributed by atoms with Gasteiger partial charge in [-0.25, -0.2) is 0 Å². The van der Waals surface area contributed by atoms with E-state index in [2.05, 4.69) is 18.5 Å². The number of halogens is 1. The predicted octanol–water partition coefficient (Wildman–Crippen LogP) is 1.38. The smallest absolute Gasteiger partial charge is 0.00553 e. The van der Waals surface area contributed by atoms with E-state index in [1.165, 1.54) is 5.75 Å². The van der Waals surface area contributed by atoms with Crippen molar-refractivity contribution in [3.63, 3.8) is 0 Å². The van der Waals surface area contributed by atoms with Gasteiger partial charge in [-0.1, -0.05) is 6.92 Å². The standard InChI is InChI=1S/C5H13NS.ClH/c1-3-6-4-5-7-2;/h6H,3-5H2,1-2H3;1H. The summed E-state index contributed by atoms with van der Waals surface area (Å²) in [5.41, 5.74) is 0. The summed E-state index contributed by atoms with van der Waals surface area (Å²) in [7, 11) is 0. The number of nitrogens with one attached hydrogen (secondary N) is 1. The Morgan fingerprint density at radius 3 is 2.50 bits per heavy atom. The molecule has 0 aliphatic heterocycles. The van der Waals surface area contributed by atoms with Crippen molar-refractivity contribution < 1.29 is 0 Å². The molecule has 1 nitrogen and oxygen atoms in total. The summed E-state index contributed by atoms with van der Waals surface area (Å²) in [6.07, 6.45) is 2.12. The molecule has 0 atom stereocenters. The van der Waals surface area contributed by atoms with Gasteiger partial charge in [0.1, 0.15) is 0 Å². The first-order valence-electron chi connectivity index (χ1n) is 2.61. The molecule has 0 unspecified atom stereocenters. The Hall–Kier alpha value is 0.600. The number of hydrogen-bond acceptors (Lipinski definition) is 2. The first kappa shape index (κ1) is 11.4. The highest BCUT2D eigenvalue weighted by molar-refractivity contribution is 7.98. The fourth-order valence-corrected chi connectivity index (χ4v) is 0.699. The van der Waals surface area contributed by atoms with Gasteiger partial charge in [0, 0.05) is 12.3 Å². The summed E-state index contributed by atoms with van der Waals surface area (Å²) in [4.78, 5) is 0. The molecule has 52 valence electrons. The van der Waals surface area contributed by atoms with Crippen LogP contribution in [0, 0.1) is 0 Å². The van der Waals surface area contributed by atoms with Gasteiger partial charge < -0.3 is 5.32 Å². The zero-order valence-corrected chi connectivity index (χ0v) is 7.07. The minimum absolute atomic E-state index is 0. The highest BCUT2D eigenvalue weighted by Gasteiger charge is 1.77. The molecule has 0 aromatic carbocycles. The zero-order chi connectivity index (χ0) is 5.54. The molecule has 8 heavy (non-hydrogen) atoms. The fourth-order valence-electron chi connectivity index (χ4n) is 0.351. The van der Waals surface area contributed by atoms with Crippen molar-refractivity contribution >= 4 is 24.2 Å². The van der Waals surface area contributed by atoms with Crippen LogP contribution in [-0.2, 0) is 0 Å². The summed E-state index contributed by atoms with van der Waals surface area (Å²) in [6.45, 7) is 4.37. The first-order chi connectivity index (χ1) is 3.41. The third-order valence-electron chi connectivity index (χ3n) is 0.733. The summed E-state index contributed by atoms with van der Waals surface area (Å²) < 4.78 is 0. The van der Waals surface area contributed by atoms with Crippen LogP contribution < -0.4 is 5.32 Å². The molecule has 0 amide bonds. The first-order valence-corrected chi connectivity index (χ1v) is 4.00. The van der Waals surface area contributed by atoms with E-state index in [9.17, 15) is 0 Å². The molecule has 0 bridgehead atoms. The maximum atomic E-state index is 3.23. The summed E-state index contributed by atoms with van der Waals surface area (Å²) in [6, 6.07) is 0. The van der Waals surface area contributed by atoms with Crippen molar-refractivity contribution in [3.8, 4) is 0 Å². The quantitative estimate of drug-likeness (QED) is 0.616. The molecule has 0 heterocycles. The second-order valence-electron chi connectivity index (χ2n) is 1.35. The molecule has 0 fully saturated rings. The molecule has 0 aromatic heterocycles. The average molecular weight is 156 g/mol. The summed E-state index contributed by atoms with van der Waals surface area (Å²) in [5.74, 6) is 1.23. The van der Waals surface area contributed by atoms with E-state index < -0.39 is 0 Å². The van der Waals surface area contributed by atoms with Gasteiger partial charge in [-0.3, -0.25) is 0 Å². The van der Waals surface area contributed by atoms with Gasteiger partial charge in [-0.05, 0) is 12.8 Å². The zero-order valence-electron chi connectivity index (χ0n) is 5.44. The monoisotopic (exact) mass is 155 g/mol. The minimum Gasteiger partial charge on any atom is -0.316 e. The average Bonchev–Trinajstić information content (AvgIpc) is 1.69. The van der Waals surface area contributed by atoms with E-state index in [1.807, 2.05) is 11.8 Å².